The van der Waals surface area contributed by atoms with Crippen LogP contribution in [-0.4, -0.2) is 74.4 Å². The average molecular weight is 604 g/mol. The number of aromatic nitrogens is 1. The van der Waals surface area contributed by atoms with Crippen LogP contribution < -0.4 is 10.5 Å². The van der Waals surface area contributed by atoms with E-state index in [1.54, 1.807) is 29.2 Å². The molecule has 1 amide bonds. The first-order chi connectivity index (χ1) is 17.4. The lowest BCUT2D eigenvalue weighted by molar-refractivity contribution is 0.0559. The normalized spacial score (nSPS) is 21.3. The smallest absolute Gasteiger partial charge is 0.283 e. The van der Waals surface area contributed by atoms with E-state index in [0.717, 1.165) is 38.4 Å². The number of amides is 1. The third-order valence-electron chi connectivity index (χ3n) is 6.57. The summed E-state index contributed by atoms with van der Waals surface area (Å²) in [6.45, 7) is 2.85. The highest BCUT2D eigenvalue weighted by Crippen LogP contribution is 2.34. The van der Waals surface area contributed by atoms with E-state index in [9.17, 15) is 21.6 Å². The SMILES string of the molecule is CC1Cc2nc(C(=O)N3CCN(S(=O)(=O)c4cc5ccc(Cl)cc5s4)CC3CCS(N)(=O)=O)sc2CN1. The van der Waals surface area contributed by atoms with Crippen molar-refractivity contribution >= 4 is 70.3 Å². The van der Waals surface area contributed by atoms with Gasteiger partial charge in [-0.15, -0.1) is 22.7 Å². The third-order valence-corrected chi connectivity index (χ3v) is 12.1. The first-order valence-corrected chi connectivity index (χ1v) is 16.8. The molecule has 200 valence electrons. The molecular weight excluding hydrogens is 578 g/mol. The molecule has 2 unspecified atom stereocenters. The second kappa shape index (κ2) is 10.2. The molecule has 0 aliphatic carbocycles. The number of thiophene rings is 1. The number of hydrogen-bond acceptors (Lipinski definition) is 9. The summed E-state index contributed by atoms with van der Waals surface area (Å²) in [4.78, 5) is 20.6. The van der Waals surface area contributed by atoms with Gasteiger partial charge in [-0.25, -0.2) is 27.0 Å². The lowest BCUT2D eigenvalue weighted by Crippen LogP contribution is -2.56. The minimum atomic E-state index is -3.88. The van der Waals surface area contributed by atoms with Gasteiger partial charge in [0.15, 0.2) is 5.01 Å². The van der Waals surface area contributed by atoms with Crippen molar-refractivity contribution in [3.63, 3.8) is 0 Å². The van der Waals surface area contributed by atoms with E-state index in [2.05, 4.69) is 17.2 Å². The van der Waals surface area contributed by atoms with Crippen LogP contribution in [0.2, 0.25) is 5.02 Å². The Morgan fingerprint density at radius 3 is 2.76 bits per heavy atom. The van der Waals surface area contributed by atoms with Gasteiger partial charge in [0, 0.05) is 59.3 Å². The summed E-state index contributed by atoms with van der Waals surface area (Å²) in [5, 5.41) is 10.2. The van der Waals surface area contributed by atoms with Gasteiger partial charge in [0.25, 0.3) is 15.9 Å². The number of primary sulfonamides is 1. The maximum absolute atomic E-state index is 13.5. The summed E-state index contributed by atoms with van der Waals surface area (Å²) in [6.07, 6.45) is 0.739. The molecule has 0 spiro atoms. The number of rotatable bonds is 6. The monoisotopic (exact) mass is 603 g/mol. The number of carbonyl (C=O) groups excluding carboxylic acids is 1. The number of fused-ring (bicyclic) bond motifs is 2. The number of carbonyl (C=O) groups is 1. The number of nitrogens with two attached hydrogens (primary N) is 1. The molecule has 2 aromatic heterocycles. The molecule has 3 aromatic rings. The lowest BCUT2D eigenvalue weighted by atomic mass is 10.1. The molecule has 1 fully saturated rings. The number of thiazole rings is 1. The second-order valence-corrected chi connectivity index (χ2v) is 15.8. The Kier molecular flexibility index (Phi) is 7.39. The van der Waals surface area contributed by atoms with Crippen LogP contribution in [0.1, 0.15) is 33.7 Å². The van der Waals surface area contributed by atoms with Gasteiger partial charge >= 0.3 is 0 Å². The van der Waals surface area contributed by atoms with E-state index in [1.807, 2.05) is 0 Å². The standard InChI is InChI=1S/C22H26ClN5O5S4/c1-13-8-17-19(11-25-13)35-21(26-17)22(29)28-6-5-27(12-16(28)4-7-36(24,30)31)37(32,33)20-9-14-2-3-15(23)10-18(14)34-20/h2-3,9-10,13,16,25H,4-8,11-12H2,1H3,(H2,24,30,31). The van der Waals surface area contributed by atoms with Gasteiger partial charge in [-0.05, 0) is 36.9 Å². The van der Waals surface area contributed by atoms with Crippen molar-refractivity contribution in [2.75, 3.05) is 25.4 Å². The molecule has 37 heavy (non-hydrogen) atoms. The predicted octanol–water partition coefficient (Wildman–Crippen LogP) is 2.24. The highest BCUT2D eigenvalue weighted by molar-refractivity contribution is 7.91. The summed E-state index contributed by atoms with van der Waals surface area (Å²) in [5.41, 5.74) is 0.895. The second-order valence-electron chi connectivity index (χ2n) is 9.29. The zero-order valence-corrected chi connectivity index (χ0v) is 23.9. The van der Waals surface area contributed by atoms with Crippen LogP contribution in [0, 0.1) is 0 Å². The van der Waals surface area contributed by atoms with E-state index < -0.39 is 26.1 Å². The number of benzene rings is 1. The minimum Gasteiger partial charge on any atom is -0.331 e. The van der Waals surface area contributed by atoms with E-state index >= 15 is 0 Å². The largest absolute Gasteiger partial charge is 0.331 e. The number of sulfonamides is 2. The molecule has 4 heterocycles. The molecule has 1 saturated heterocycles. The molecule has 3 N–H and O–H groups in total. The van der Waals surface area contributed by atoms with Gasteiger partial charge in [-0.2, -0.15) is 4.31 Å². The zero-order chi connectivity index (χ0) is 26.5. The highest BCUT2D eigenvalue weighted by Gasteiger charge is 2.38. The van der Waals surface area contributed by atoms with Crippen molar-refractivity contribution in [3.8, 4) is 0 Å². The number of halogens is 1. The highest BCUT2D eigenvalue weighted by atomic mass is 35.5. The first-order valence-electron chi connectivity index (χ1n) is 11.6. The summed E-state index contributed by atoms with van der Waals surface area (Å²) in [6, 6.07) is 6.39. The van der Waals surface area contributed by atoms with Crippen LogP contribution in [0.3, 0.4) is 0 Å². The van der Waals surface area contributed by atoms with Crippen molar-refractivity contribution in [2.45, 2.75) is 42.6 Å². The fourth-order valence-electron chi connectivity index (χ4n) is 4.62. The maximum Gasteiger partial charge on any atom is 0.283 e. The van der Waals surface area contributed by atoms with Gasteiger partial charge in [0.1, 0.15) is 4.21 Å². The van der Waals surface area contributed by atoms with Crippen molar-refractivity contribution in [1.82, 2.24) is 19.5 Å². The lowest BCUT2D eigenvalue weighted by Gasteiger charge is -2.40. The van der Waals surface area contributed by atoms with Gasteiger partial charge in [0.2, 0.25) is 10.0 Å². The van der Waals surface area contributed by atoms with Gasteiger partial charge in [0.05, 0.1) is 11.4 Å². The third kappa shape index (κ3) is 5.71. The van der Waals surface area contributed by atoms with Gasteiger partial charge in [-0.3, -0.25) is 4.79 Å². The molecule has 0 bridgehead atoms. The fraction of sp³-hybridized carbons (Fsp3) is 0.455. The average Bonchev–Trinajstić information content (AvgIpc) is 3.45. The molecule has 1 aromatic carbocycles. The molecule has 0 saturated carbocycles. The number of hydrogen-bond donors (Lipinski definition) is 2. The van der Waals surface area contributed by atoms with E-state index in [-0.39, 0.29) is 48.0 Å². The predicted molar refractivity (Wildman–Crippen MR) is 145 cm³/mol. The topological polar surface area (TPSA) is 143 Å². The zero-order valence-electron chi connectivity index (χ0n) is 19.9. The summed E-state index contributed by atoms with van der Waals surface area (Å²) >= 11 is 8.51. The van der Waals surface area contributed by atoms with E-state index in [4.69, 9.17) is 16.7 Å². The maximum atomic E-state index is 13.5. The summed E-state index contributed by atoms with van der Waals surface area (Å²) in [5.74, 6) is -0.688. The van der Waals surface area contributed by atoms with Crippen LogP contribution in [0.25, 0.3) is 10.1 Å². The Morgan fingerprint density at radius 2 is 2.00 bits per heavy atom. The Morgan fingerprint density at radius 1 is 1.22 bits per heavy atom. The Hall–Kier alpha value is -1.65. The van der Waals surface area contributed by atoms with Crippen LogP contribution >= 0.6 is 34.3 Å². The molecule has 15 heteroatoms. The Bertz CT molecular complexity index is 1570. The molecule has 10 nitrogen and oxygen atoms in total. The van der Waals surface area contributed by atoms with E-state index in [0.29, 0.717) is 16.6 Å². The summed E-state index contributed by atoms with van der Waals surface area (Å²) in [7, 11) is -7.69. The molecular formula is C22H26ClN5O5S4. The molecule has 2 aliphatic heterocycles. The van der Waals surface area contributed by atoms with Crippen molar-refractivity contribution in [1.29, 1.82) is 0 Å². The number of nitrogens with one attached hydrogen (secondary N) is 1. The Labute approximate surface area is 228 Å². The van der Waals surface area contributed by atoms with Crippen LogP contribution in [0.4, 0.5) is 0 Å². The first kappa shape index (κ1) is 26.9. The van der Waals surface area contributed by atoms with Crippen LogP contribution in [-0.2, 0) is 33.0 Å². The van der Waals surface area contributed by atoms with Crippen molar-refractivity contribution < 1.29 is 21.6 Å². The van der Waals surface area contributed by atoms with Crippen LogP contribution in [0.5, 0.6) is 0 Å². The number of piperazine rings is 1. The van der Waals surface area contributed by atoms with E-state index in [1.165, 1.54) is 15.6 Å². The van der Waals surface area contributed by atoms with Gasteiger partial charge < -0.3 is 10.2 Å². The van der Waals surface area contributed by atoms with Crippen molar-refractivity contribution in [2.24, 2.45) is 5.14 Å². The van der Waals surface area contributed by atoms with Crippen LogP contribution in [0.15, 0.2) is 28.5 Å². The molecule has 5 rings (SSSR count). The molecule has 2 aliphatic rings. The van der Waals surface area contributed by atoms with Crippen molar-refractivity contribution in [3.05, 3.63) is 44.9 Å². The minimum absolute atomic E-state index is 0.0162. The fourth-order valence-corrected chi connectivity index (χ4v) is 9.51. The molecule has 0 radical (unpaired) electrons. The number of nitrogens with zero attached hydrogens (tertiary/aromatic N) is 3. The quantitative estimate of drug-likeness (QED) is 0.440. The molecule has 2 atom stereocenters. The summed E-state index contributed by atoms with van der Waals surface area (Å²) < 4.78 is 52.8. The van der Waals surface area contributed by atoms with Gasteiger partial charge in [-0.1, -0.05) is 17.7 Å². The Balaban J connectivity index is 1.41.